The molecule has 1 spiro atoms. The molecule has 2 aliphatic heterocycles. The van der Waals surface area contributed by atoms with E-state index in [0.29, 0.717) is 62.9 Å². The zero-order valence-corrected chi connectivity index (χ0v) is 25.8. The predicted molar refractivity (Wildman–Crippen MR) is 156 cm³/mol. The number of hydrogen-bond acceptors (Lipinski definition) is 5. The third-order valence-electron chi connectivity index (χ3n) is 9.39. The molecule has 0 radical (unpaired) electrons. The first-order valence-corrected chi connectivity index (χ1v) is 16.6. The molecule has 3 aliphatic rings. The highest BCUT2D eigenvalue weighted by Gasteiger charge is 2.48. The van der Waals surface area contributed by atoms with E-state index < -0.39 is 28.2 Å². The summed E-state index contributed by atoms with van der Waals surface area (Å²) in [5, 5.41) is 2.93. The molecule has 1 saturated heterocycles. The zero-order chi connectivity index (χ0) is 30.9. The van der Waals surface area contributed by atoms with Gasteiger partial charge in [-0.25, -0.2) is 12.7 Å². The number of nitrogens with one attached hydrogen (secondary N) is 1. The Hall–Kier alpha value is -2.47. The third kappa shape index (κ3) is 7.35. The van der Waals surface area contributed by atoms with Crippen LogP contribution in [-0.2, 0) is 21.2 Å². The number of benzene rings is 1. The maximum atomic E-state index is 13.3. The number of aliphatic imine (C=N–C) groups is 1. The van der Waals surface area contributed by atoms with Crippen LogP contribution in [-0.4, -0.2) is 79.4 Å². The van der Waals surface area contributed by atoms with Crippen molar-refractivity contribution in [1.82, 2.24) is 14.5 Å². The quantitative estimate of drug-likeness (QED) is 0.434. The summed E-state index contributed by atoms with van der Waals surface area (Å²) in [7, 11) is -1.84. The summed E-state index contributed by atoms with van der Waals surface area (Å²) < 4.78 is 65.8. The van der Waals surface area contributed by atoms with Crippen LogP contribution in [0.2, 0.25) is 0 Å². The highest BCUT2D eigenvalue weighted by Crippen LogP contribution is 2.38. The Labute approximate surface area is 247 Å². The fourth-order valence-corrected chi connectivity index (χ4v) is 8.00. The van der Waals surface area contributed by atoms with Crippen LogP contribution in [0.1, 0.15) is 85.3 Å². The zero-order valence-electron chi connectivity index (χ0n) is 25.0. The second-order valence-electron chi connectivity index (χ2n) is 12.2. The van der Waals surface area contributed by atoms with Crippen LogP contribution < -0.4 is 5.32 Å². The molecule has 2 fully saturated rings. The molecule has 2 amide bonds. The molecule has 1 aromatic rings. The topological polar surface area (TPSA) is 99.2 Å². The maximum absolute atomic E-state index is 13.3. The summed E-state index contributed by atoms with van der Waals surface area (Å²) in [6.07, 6.45) is -1.08. The van der Waals surface area contributed by atoms with E-state index in [2.05, 4.69) is 5.32 Å². The normalized spacial score (nSPS) is 23.1. The van der Waals surface area contributed by atoms with E-state index in [0.717, 1.165) is 16.7 Å². The number of amidine groups is 1. The lowest BCUT2D eigenvalue weighted by atomic mass is 9.79. The first-order valence-electron chi connectivity index (χ1n) is 15.0. The average Bonchev–Trinajstić information content (AvgIpc) is 3.25. The number of hydrogen-bond donors (Lipinski definition) is 1. The van der Waals surface area contributed by atoms with Crippen LogP contribution in [0.4, 0.5) is 13.2 Å². The van der Waals surface area contributed by atoms with Crippen LogP contribution in [0.5, 0.6) is 0 Å². The highest BCUT2D eigenvalue weighted by molar-refractivity contribution is 7.89. The lowest BCUT2D eigenvalue weighted by Gasteiger charge is -2.34. The highest BCUT2D eigenvalue weighted by atomic mass is 32.2. The molecule has 0 unspecified atom stereocenters. The van der Waals surface area contributed by atoms with E-state index in [-0.39, 0.29) is 48.9 Å². The SMILES string of the molecule is CCN(C)C(=O)c1cc(C)c(CCS(=O)(=O)N2CCC3(CC2)N=C(C2CCC(CCC(F)(F)F)CC2)NC3=O)c(C)c1. The minimum Gasteiger partial charge on any atom is -0.342 e. The fourth-order valence-electron chi connectivity index (χ4n) is 6.54. The third-order valence-corrected chi connectivity index (χ3v) is 11.3. The second-order valence-corrected chi connectivity index (χ2v) is 14.3. The number of piperidine rings is 1. The van der Waals surface area contributed by atoms with Gasteiger partial charge in [-0.15, -0.1) is 0 Å². The van der Waals surface area contributed by atoms with Gasteiger partial charge >= 0.3 is 6.18 Å². The Kier molecular flexibility index (Phi) is 9.76. The van der Waals surface area contributed by atoms with Gasteiger partial charge in [0.15, 0.2) is 0 Å². The van der Waals surface area contributed by atoms with Crippen LogP contribution in [0.3, 0.4) is 0 Å². The van der Waals surface area contributed by atoms with Crippen molar-refractivity contribution in [3.8, 4) is 0 Å². The van der Waals surface area contributed by atoms with Crippen LogP contribution >= 0.6 is 0 Å². The molecule has 4 rings (SSSR count). The van der Waals surface area contributed by atoms with Crippen molar-refractivity contribution < 1.29 is 31.2 Å². The lowest BCUT2D eigenvalue weighted by Crippen LogP contribution is -2.51. The summed E-state index contributed by atoms with van der Waals surface area (Å²) in [6.45, 7) is 6.69. The van der Waals surface area contributed by atoms with Crippen molar-refractivity contribution >= 4 is 27.7 Å². The number of rotatable bonds is 9. The summed E-state index contributed by atoms with van der Waals surface area (Å²) >= 11 is 0. The van der Waals surface area contributed by atoms with E-state index in [1.807, 2.05) is 32.9 Å². The Morgan fingerprint density at radius 3 is 2.26 bits per heavy atom. The number of carbonyl (C=O) groups excluding carboxylic acids is 2. The van der Waals surface area contributed by atoms with Crippen molar-refractivity contribution in [3.63, 3.8) is 0 Å². The van der Waals surface area contributed by atoms with Gasteiger partial charge in [-0.05, 0) is 107 Å². The average molecular weight is 613 g/mol. The molecule has 42 heavy (non-hydrogen) atoms. The summed E-state index contributed by atoms with van der Waals surface area (Å²) in [4.78, 5) is 32.0. The molecule has 1 aliphatic carbocycles. The first kappa shape index (κ1) is 32.4. The van der Waals surface area contributed by atoms with Gasteiger partial charge in [-0.2, -0.15) is 13.2 Å². The van der Waals surface area contributed by atoms with Gasteiger partial charge in [0.1, 0.15) is 11.4 Å². The van der Waals surface area contributed by atoms with E-state index >= 15 is 0 Å². The number of amides is 2. The smallest absolute Gasteiger partial charge is 0.342 e. The largest absolute Gasteiger partial charge is 0.389 e. The Morgan fingerprint density at radius 1 is 1.12 bits per heavy atom. The molecule has 0 atom stereocenters. The number of aryl methyl sites for hydroxylation is 2. The number of nitrogens with zero attached hydrogens (tertiary/aromatic N) is 3. The van der Waals surface area contributed by atoms with Crippen molar-refractivity contribution in [1.29, 1.82) is 0 Å². The van der Waals surface area contributed by atoms with Gasteiger partial charge < -0.3 is 10.2 Å². The van der Waals surface area contributed by atoms with E-state index in [1.165, 1.54) is 4.31 Å². The van der Waals surface area contributed by atoms with Gasteiger partial charge in [0.25, 0.3) is 11.8 Å². The van der Waals surface area contributed by atoms with Gasteiger partial charge in [0, 0.05) is 44.6 Å². The summed E-state index contributed by atoms with van der Waals surface area (Å²) in [5.41, 5.74) is 2.30. The molecule has 8 nitrogen and oxygen atoms in total. The van der Waals surface area contributed by atoms with Crippen LogP contribution in [0, 0.1) is 25.7 Å². The minimum absolute atomic E-state index is 0.0211. The molecule has 0 bridgehead atoms. The van der Waals surface area contributed by atoms with Gasteiger partial charge in [-0.1, -0.05) is 0 Å². The van der Waals surface area contributed by atoms with E-state index in [9.17, 15) is 31.2 Å². The Bertz CT molecular complexity index is 1290. The second kappa shape index (κ2) is 12.6. The molecule has 0 aromatic heterocycles. The van der Waals surface area contributed by atoms with Crippen molar-refractivity contribution in [2.75, 3.05) is 32.4 Å². The van der Waals surface area contributed by atoms with Gasteiger partial charge in [0.2, 0.25) is 10.0 Å². The standard InChI is InChI=1S/C30H43F3N4O4S/c1-5-36(4)27(38)24-18-20(2)25(21(3)19-24)11-17-42(40,41)37-15-13-29(14-16-37)28(39)34-26(35-29)23-8-6-22(7-9-23)10-12-30(31,32)33/h18-19,22-23H,5-17H2,1-4H3,(H,34,35,39). The number of carbonyl (C=O) groups is 2. The minimum atomic E-state index is -4.13. The van der Waals surface area contributed by atoms with Crippen LogP contribution in [0.15, 0.2) is 17.1 Å². The lowest BCUT2D eigenvalue weighted by molar-refractivity contribution is -0.138. The molecule has 1 aromatic carbocycles. The molecule has 12 heteroatoms. The molecular weight excluding hydrogens is 569 g/mol. The van der Waals surface area contributed by atoms with Crippen LogP contribution in [0.25, 0.3) is 0 Å². The maximum Gasteiger partial charge on any atom is 0.389 e. The van der Waals surface area contributed by atoms with Gasteiger partial charge in [-0.3, -0.25) is 14.6 Å². The number of sulfonamides is 1. The van der Waals surface area contributed by atoms with Gasteiger partial charge in [0.05, 0.1) is 5.75 Å². The summed E-state index contributed by atoms with van der Waals surface area (Å²) in [6, 6.07) is 3.63. The first-order chi connectivity index (χ1) is 19.6. The molecule has 234 valence electrons. The number of alkyl halides is 3. The predicted octanol–water partition coefficient (Wildman–Crippen LogP) is 4.78. The van der Waals surface area contributed by atoms with Crippen molar-refractivity contribution in [3.05, 3.63) is 34.4 Å². The molecule has 1 N–H and O–H groups in total. The summed E-state index contributed by atoms with van der Waals surface area (Å²) in [5.74, 6) is 0.334. The van der Waals surface area contributed by atoms with E-state index in [1.54, 1.807) is 11.9 Å². The molecular formula is C30H43F3N4O4S. The molecule has 1 saturated carbocycles. The van der Waals surface area contributed by atoms with E-state index in [4.69, 9.17) is 4.99 Å². The van der Waals surface area contributed by atoms with Crippen molar-refractivity contribution in [2.24, 2.45) is 16.8 Å². The number of halogens is 3. The monoisotopic (exact) mass is 612 g/mol. The fraction of sp³-hybridized carbons (Fsp3) is 0.700. The van der Waals surface area contributed by atoms with Crippen molar-refractivity contribution in [2.45, 2.75) is 90.3 Å². The Balaban J connectivity index is 1.33. The Morgan fingerprint density at radius 2 is 1.71 bits per heavy atom. The molecule has 2 heterocycles.